The van der Waals surface area contributed by atoms with Crippen LogP contribution in [0.5, 0.6) is 0 Å². The molecule has 0 saturated heterocycles. The summed E-state index contributed by atoms with van der Waals surface area (Å²) in [5.74, 6) is 0. The van der Waals surface area contributed by atoms with Gasteiger partial charge in [-0.2, -0.15) is 0 Å². The predicted octanol–water partition coefficient (Wildman–Crippen LogP) is 2.10. The zero-order chi connectivity index (χ0) is 13.5. The molecule has 0 fully saturated rings. The summed E-state index contributed by atoms with van der Waals surface area (Å²) in [6.45, 7) is 0. The predicted molar refractivity (Wildman–Crippen MR) is 71.9 cm³/mol. The van der Waals surface area contributed by atoms with E-state index in [0.29, 0.717) is 23.5 Å². The third-order valence-corrected chi connectivity index (χ3v) is 4.34. The molecule has 0 unspecified atom stereocenters. The Morgan fingerprint density at radius 3 is 2.32 bits per heavy atom. The van der Waals surface area contributed by atoms with E-state index in [-0.39, 0.29) is 4.90 Å². The zero-order valence-corrected chi connectivity index (χ0v) is 10.6. The average molecular weight is 274 g/mol. The van der Waals surface area contributed by atoms with Crippen LogP contribution in [0.2, 0.25) is 0 Å². The molecule has 0 saturated carbocycles. The van der Waals surface area contributed by atoms with Crippen LogP contribution >= 0.6 is 0 Å². The Kier molecular flexibility index (Phi) is 2.53. The maximum Gasteiger partial charge on any atom is 0.264 e. The number of hydrogen-bond acceptors (Lipinski definition) is 3. The van der Waals surface area contributed by atoms with Crippen LogP contribution in [0.1, 0.15) is 0 Å². The summed E-state index contributed by atoms with van der Waals surface area (Å²) in [4.78, 5) is 12.8. The Morgan fingerprint density at radius 2 is 1.58 bits per heavy atom. The van der Waals surface area contributed by atoms with Gasteiger partial charge in [0, 0.05) is 0 Å². The van der Waals surface area contributed by atoms with E-state index in [0.717, 1.165) is 0 Å². The number of benzene rings is 2. The van der Waals surface area contributed by atoms with Crippen molar-refractivity contribution < 1.29 is 13.2 Å². The van der Waals surface area contributed by atoms with Gasteiger partial charge in [-0.05, 0) is 24.3 Å². The summed E-state index contributed by atoms with van der Waals surface area (Å²) in [6, 6.07) is 13.2. The van der Waals surface area contributed by atoms with Gasteiger partial charge in [0.05, 0.1) is 17.1 Å². The summed E-state index contributed by atoms with van der Waals surface area (Å²) in [7, 11) is -3.69. The Hall–Kier alpha value is -2.34. The first-order chi connectivity index (χ1) is 9.13. The fourth-order valence-corrected chi connectivity index (χ4v) is 3.37. The van der Waals surface area contributed by atoms with Crippen LogP contribution in [0.4, 0.5) is 17.1 Å². The van der Waals surface area contributed by atoms with Crippen LogP contribution in [0, 0.1) is 0 Å². The van der Waals surface area contributed by atoms with E-state index < -0.39 is 10.0 Å². The van der Waals surface area contributed by atoms with Crippen molar-refractivity contribution in [3.8, 4) is 0 Å². The fourth-order valence-electron chi connectivity index (χ4n) is 2.10. The van der Waals surface area contributed by atoms with E-state index in [9.17, 15) is 13.2 Å². The van der Waals surface area contributed by atoms with Crippen molar-refractivity contribution in [2.75, 3.05) is 9.62 Å². The lowest BCUT2D eigenvalue weighted by Crippen LogP contribution is -2.15. The number of rotatable bonds is 1. The highest BCUT2D eigenvalue weighted by molar-refractivity contribution is 7.93. The van der Waals surface area contributed by atoms with Gasteiger partial charge in [0.15, 0.2) is 0 Å². The summed E-state index contributed by atoms with van der Waals surface area (Å²) in [5.41, 5.74) is 1.23. The lowest BCUT2D eigenvalue weighted by atomic mass is 10.2. The number of nitrogens with one attached hydrogen (secondary N) is 1. The standard InChI is InChI=1S/C13H10N2O3S/c16-9-15-11-6-2-1-5-10(11)14-19(17,18)13-8-4-3-7-12(13)15/h1-9,14H. The Morgan fingerprint density at radius 1 is 0.947 bits per heavy atom. The number of carbonyl (C=O) groups is 1. The van der Waals surface area contributed by atoms with Gasteiger partial charge in [-0.3, -0.25) is 14.4 Å². The molecule has 1 aliphatic rings. The van der Waals surface area contributed by atoms with Crippen molar-refractivity contribution in [3.05, 3.63) is 48.5 Å². The highest BCUT2D eigenvalue weighted by Gasteiger charge is 2.28. The van der Waals surface area contributed by atoms with Crippen LogP contribution in [-0.2, 0) is 14.8 Å². The minimum absolute atomic E-state index is 0.0818. The van der Waals surface area contributed by atoms with E-state index in [1.165, 1.54) is 11.0 Å². The quantitative estimate of drug-likeness (QED) is 0.810. The van der Waals surface area contributed by atoms with Gasteiger partial charge in [-0.25, -0.2) is 8.42 Å². The molecule has 0 aliphatic carbocycles. The van der Waals surface area contributed by atoms with Crippen LogP contribution < -0.4 is 9.62 Å². The second-order valence-electron chi connectivity index (χ2n) is 4.07. The number of amides is 1. The second kappa shape index (κ2) is 4.10. The summed E-state index contributed by atoms with van der Waals surface area (Å²) >= 11 is 0. The maximum atomic E-state index is 12.3. The first-order valence-corrected chi connectivity index (χ1v) is 7.07. The van der Waals surface area contributed by atoms with Crippen LogP contribution in [-0.4, -0.2) is 14.8 Å². The SMILES string of the molecule is O=CN1c2ccccc2NS(=O)(=O)c2ccccc21. The molecule has 2 aromatic rings. The van der Waals surface area contributed by atoms with Gasteiger partial charge in [-0.15, -0.1) is 0 Å². The summed E-state index contributed by atoms with van der Waals surface area (Å²) in [6.07, 6.45) is 0.611. The lowest BCUT2D eigenvalue weighted by Gasteiger charge is -2.17. The average Bonchev–Trinajstić information content (AvgIpc) is 2.50. The van der Waals surface area contributed by atoms with Crippen LogP contribution in [0.25, 0.3) is 0 Å². The molecule has 1 amide bonds. The fraction of sp³-hybridized carbons (Fsp3) is 0. The largest absolute Gasteiger partial charge is 0.280 e. The van der Waals surface area contributed by atoms with Crippen molar-refractivity contribution in [2.24, 2.45) is 0 Å². The van der Waals surface area contributed by atoms with Crippen molar-refractivity contribution >= 4 is 33.5 Å². The minimum Gasteiger partial charge on any atom is -0.280 e. The van der Waals surface area contributed by atoms with Crippen molar-refractivity contribution in [3.63, 3.8) is 0 Å². The monoisotopic (exact) mass is 274 g/mol. The lowest BCUT2D eigenvalue weighted by molar-refractivity contribution is -0.106. The molecule has 3 rings (SSSR count). The van der Waals surface area contributed by atoms with Crippen molar-refractivity contribution in [2.45, 2.75) is 4.90 Å². The van der Waals surface area contributed by atoms with Crippen molar-refractivity contribution in [1.29, 1.82) is 0 Å². The molecule has 0 aromatic heterocycles. The van der Waals surface area contributed by atoms with Crippen LogP contribution in [0.15, 0.2) is 53.4 Å². The Labute approximate surface area is 110 Å². The summed E-state index contributed by atoms with van der Waals surface area (Å²) < 4.78 is 27.0. The molecule has 1 N–H and O–H groups in total. The van der Waals surface area contributed by atoms with E-state index >= 15 is 0 Å². The van der Waals surface area contributed by atoms with Gasteiger partial charge in [0.25, 0.3) is 10.0 Å². The molecule has 1 heterocycles. The van der Waals surface area contributed by atoms with E-state index in [4.69, 9.17) is 0 Å². The number of carbonyl (C=O) groups excluding carboxylic acids is 1. The molecule has 0 atom stereocenters. The normalized spacial score (nSPS) is 15.7. The molecule has 0 radical (unpaired) electrons. The number of fused-ring (bicyclic) bond motifs is 2. The van der Waals surface area contributed by atoms with Crippen molar-refractivity contribution in [1.82, 2.24) is 0 Å². The first-order valence-electron chi connectivity index (χ1n) is 5.59. The van der Waals surface area contributed by atoms with Crippen LogP contribution in [0.3, 0.4) is 0 Å². The molecule has 2 aromatic carbocycles. The molecule has 0 bridgehead atoms. The number of sulfonamides is 1. The first kappa shape index (κ1) is 11.7. The van der Waals surface area contributed by atoms with Gasteiger partial charge in [-0.1, -0.05) is 24.3 Å². The molecule has 1 aliphatic heterocycles. The minimum atomic E-state index is -3.69. The molecule has 5 nitrogen and oxygen atoms in total. The van der Waals surface area contributed by atoms with Gasteiger partial charge >= 0.3 is 0 Å². The number of nitrogens with zero attached hydrogens (tertiary/aromatic N) is 1. The van der Waals surface area contributed by atoms with E-state index in [1.807, 2.05) is 0 Å². The molecule has 19 heavy (non-hydrogen) atoms. The molecule has 0 spiro atoms. The smallest absolute Gasteiger partial charge is 0.264 e. The highest BCUT2D eigenvalue weighted by Crippen LogP contribution is 2.39. The van der Waals surface area contributed by atoms with Gasteiger partial charge in [0.2, 0.25) is 6.41 Å². The number of anilines is 3. The summed E-state index contributed by atoms with van der Waals surface area (Å²) in [5, 5.41) is 0. The van der Waals surface area contributed by atoms with E-state index in [1.54, 1.807) is 42.5 Å². The third-order valence-electron chi connectivity index (χ3n) is 2.93. The van der Waals surface area contributed by atoms with E-state index in [2.05, 4.69) is 4.72 Å². The Bertz CT molecular complexity index is 756. The second-order valence-corrected chi connectivity index (χ2v) is 5.72. The molecular formula is C13H10N2O3S. The zero-order valence-electron chi connectivity index (χ0n) is 9.78. The molecule has 6 heteroatoms. The highest BCUT2D eigenvalue weighted by atomic mass is 32.2. The maximum absolute atomic E-state index is 12.3. The molecular weight excluding hydrogens is 264 g/mol. The molecule has 96 valence electrons. The van der Waals surface area contributed by atoms with Gasteiger partial charge in [0.1, 0.15) is 4.90 Å². The third kappa shape index (κ3) is 1.77. The topological polar surface area (TPSA) is 66.5 Å². The number of hydrogen-bond donors (Lipinski definition) is 1. The van der Waals surface area contributed by atoms with Gasteiger partial charge < -0.3 is 0 Å². The Balaban J connectivity index is 2.38. The number of para-hydroxylation sites is 3.